The average Bonchev–Trinajstić information content (AvgIpc) is 2.85. The molecule has 0 radical (unpaired) electrons. The molecule has 1 rings (SSSR count). The van der Waals surface area contributed by atoms with Gasteiger partial charge in [-0.25, -0.2) is 0 Å². The Balaban J connectivity index is 3.25. The Bertz CT molecular complexity index is 367. The topological polar surface area (TPSA) is 41.3 Å². The van der Waals surface area contributed by atoms with Gasteiger partial charge in [-0.15, -0.1) is 11.3 Å². The summed E-state index contributed by atoms with van der Waals surface area (Å²) in [7, 11) is 0. The van der Waals surface area contributed by atoms with Crippen molar-refractivity contribution >= 4 is 11.3 Å². The maximum atomic E-state index is 5.95. The van der Waals surface area contributed by atoms with E-state index in [4.69, 9.17) is 5.84 Å². The molecular formula is C15H29N3S. The molecule has 3 nitrogen and oxygen atoms in total. The summed E-state index contributed by atoms with van der Waals surface area (Å²) in [6.07, 6.45) is 2.19. The van der Waals surface area contributed by atoms with Gasteiger partial charge in [0.25, 0.3) is 0 Å². The molecule has 1 heterocycles. The van der Waals surface area contributed by atoms with E-state index in [0.717, 1.165) is 25.9 Å². The molecular weight excluding hydrogens is 254 g/mol. The number of nitrogens with one attached hydrogen (secondary N) is 1. The third-order valence-corrected chi connectivity index (χ3v) is 5.39. The molecule has 19 heavy (non-hydrogen) atoms. The van der Waals surface area contributed by atoms with Gasteiger partial charge in [-0.2, -0.15) is 0 Å². The number of nitrogens with zero attached hydrogens (tertiary/aromatic N) is 1. The lowest BCUT2D eigenvalue weighted by molar-refractivity contribution is 0.0486. The lowest BCUT2D eigenvalue weighted by Gasteiger charge is -2.47. The molecule has 3 N–H and O–H groups in total. The van der Waals surface area contributed by atoms with Crippen molar-refractivity contribution in [2.75, 3.05) is 13.1 Å². The van der Waals surface area contributed by atoms with Gasteiger partial charge < -0.3 is 0 Å². The Kier molecular flexibility index (Phi) is 6.47. The van der Waals surface area contributed by atoms with Gasteiger partial charge in [-0.3, -0.25) is 16.2 Å². The lowest BCUT2D eigenvalue weighted by Crippen LogP contribution is -2.57. The fraction of sp³-hybridized carbons (Fsp3) is 0.733. The van der Waals surface area contributed by atoms with Crippen LogP contribution in [0.3, 0.4) is 0 Å². The zero-order valence-electron chi connectivity index (χ0n) is 13.0. The second-order valence-corrected chi connectivity index (χ2v) is 6.14. The number of rotatable bonds is 8. The van der Waals surface area contributed by atoms with Crippen LogP contribution in [0.5, 0.6) is 0 Å². The van der Waals surface area contributed by atoms with Gasteiger partial charge in [-0.1, -0.05) is 27.7 Å². The van der Waals surface area contributed by atoms with Crippen molar-refractivity contribution in [3.8, 4) is 0 Å². The maximum absolute atomic E-state index is 5.95. The van der Waals surface area contributed by atoms with Crippen molar-refractivity contribution in [3.63, 3.8) is 0 Å². The first kappa shape index (κ1) is 16.6. The second kappa shape index (κ2) is 7.39. The molecule has 1 atom stereocenters. The number of hydrogen-bond donors (Lipinski definition) is 2. The highest BCUT2D eigenvalue weighted by Gasteiger charge is 2.41. The van der Waals surface area contributed by atoms with Gasteiger partial charge in [0.1, 0.15) is 0 Å². The number of thiophene rings is 1. The molecule has 110 valence electrons. The van der Waals surface area contributed by atoms with Gasteiger partial charge in [0.05, 0.1) is 6.04 Å². The molecule has 1 unspecified atom stereocenters. The Morgan fingerprint density at radius 3 is 2.16 bits per heavy atom. The van der Waals surface area contributed by atoms with Crippen LogP contribution in [0.15, 0.2) is 11.4 Å². The number of aryl methyl sites for hydroxylation is 1. The summed E-state index contributed by atoms with van der Waals surface area (Å²) in [4.78, 5) is 3.91. The van der Waals surface area contributed by atoms with Crippen LogP contribution in [0, 0.1) is 6.92 Å². The van der Waals surface area contributed by atoms with Gasteiger partial charge in [0.15, 0.2) is 0 Å². The Hall–Kier alpha value is -0.420. The van der Waals surface area contributed by atoms with Crippen LogP contribution < -0.4 is 11.3 Å². The third kappa shape index (κ3) is 3.02. The minimum atomic E-state index is 0.0874. The average molecular weight is 283 g/mol. The van der Waals surface area contributed by atoms with Crippen molar-refractivity contribution in [1.82, 2.24) is 10.3 Å². The van der Waals surface area contributed by atoms with Crippen molar-refractivity contribution < 1.29 is 0 Å². The quantitative estimate of drug-likeness (QED) is 0.567. The van der Waals surface area contributed by atoms with E-state index in [0.29, 0.717) is 0 Å². The first-order chi connectivity index (χ1) is 9.11. The number of nitrogens with two attached hydrogens (primary N) is 1. The number of hydrazine groups is 1. The van der Waals surface area contributed by atoms with Crippen LogP contribution in [-0.4, -0.2) is 23.5 Å². The van der Waals surface area contributed by atoms with E-state index in [9.17, 15) is 0 Å². The summed E-state index contributed by atoms with van der Waals surface area (Å²) in [5, 5.41) is 2.16. The first-order valence-corrected chi connectivity index (χ1v) is 8.24. The molecule has 1 aromatic heterocycles. The fourth-order valence-corrected chi connectivity index (χ4v) is 4.11. The zero-order valence-corrected chi connectivity index (χ0v) is 13.8. The van der Waals surface area contributed by atoms with Crippen molar-refractivity contribution in [2.24, 2.45) is 5.84 Å². The third-order valence-electron chi connectivity index (χ3n) is 4.53. The molecule has 0 aliphatic carbocycles. The summed E-state index contributed by atoms with van der Waals surface area (Å²) in [6, 6.07) is 2.40. The summed E-state index contributed by atoms with van der Waals surface area (Å²) in [5.74, 6) is 5.95. The monoisotopic (exact) mass is 283 g/mol. The first-order valence-electron chi connectivity index (χ1n) is 7.36. The van der Waals surface area contributed by atoms with Crippen LogP contribution in [0.2, 0.25) is 0 Å². The molecule has 1 aromatic rings. The molecule has 0 saturated heterocycles. The summed E-state index contributed by atoms with van der Waals surface area (Å²) in [6.45, 7) is 13.3. The Morgan fingerprint density at radius 1 is 1.26 bits per heavy atom. The molecule has 0 saturated carbocycles. The minimum Gasteiger partial charge on any atom is -0.296 e. The number of hydrogen-bond acceptors (Lipinski definition) is 4. The van der Waals surface area contributed by atoms with Crippen molar-refractivity contribution in [2.45, 2.75) is 59.0 Å². The summed E-state index contributed by atoms with van der Waals surface area (Å²) < 4.78 is 0. The summed E-state index contributed by atoms with van der Waals surface area (Å²) in [5.41, 5.74) is 4.54. The van der Waals surface area contributed by atoms with E-state index in [-0.39, 0.29) is 11.6 Å². The van der Waals surface area contributed by atoms with Crippen LogP contribution in [0.1, 0.15) is 57.0 Å². The molecule has 0 aliphatic rings. The van der Waals surface area contributed by atoms with Gasteiger partial charge in [-0.05, 0) is 49.9 Å². The van der Waals surface area contributed by atoms with E-state index in [1.807, 2.05) is 0 Å². The lowest BCUT2D eigenvalue weighted by atomic mass is 9.79. The standard InChI is InChI=1S/C15H29N3S/c1-6-15(7-2,18(8-3)9-4)14(17-16)13-10-11-19-12(13)5/h10-11,14,17H,6-9,16H2,1-5H3. The van der Waals surface area contributed by atoms with E-state index < -0.39 is 0 Å². The largest absolute Gasteiger partial charge is 0.296 e. The normalized spacial score (nSPS) is 14.1. The van der Waals surface area contributed by atoms with Crippen LogP contribution in [0.4, 0.5) is 0 Å². The van der Waals surface area contributed by atoms with Gasteiger partial charge >= 0.3 is 0 Å². The molecule has 0 bridgehead atoms. The van der Waals surface area contributed by atoms with Gasteiger partial charge in [0, 0.05) is 10.4 Å². The van der Waals surface area contributed by atoms with E-state index >= 15 is 0 Å². The van der Waals surface area contributed by atoms with Crippen molar-refractivity contribution in [3.05, 3.63) is 21.9 Å². The van der Waals surface area contributed by atoms with Crippen molar-refractivity contribution in [1.29, 1.82) is 0 Å². The minimum absolute atomic E-state index is 0.0874. The highest BCUT2D eigenvalue weighted by Crippen LogP contribution is 2.39. The van der Waals surface area contributed by atoms with E-state index in [1.54, 1.807) is 11.3 Å². The highest BCUT2D eigenvalue weighted by molar-refractivity contribution is 7.10. The molecule has 0 aliphatic heterocycles. The molecule has 0 spiro atoms. The van der Waals surface area contributed by atoms with Crippen LogP contribution in [0.25, 0.3) is 0 Å². The highest BCUT2D eigenvalue weighted by atomic mass is 32.1. The maximum Gasteiger partial charge on any atom is 0.0654 e. The number of likely N-dealkylation sites (N-methyl/N-ethyl adjacent to an activating group) is 1. The Labute approximate surface area is 122 Å². The molecule has 4 heteroatoms. The molecule has 0 amide bonds. The van der Waals surface area contributed by atoms with Crippen LogP contribution in [-0.2, 0) is 0 Å². The SMILES string of the molecule is CCN(CC)C(CC)(CC)C(NN)c1ccsc1C. The fourth-order valence-electron chi connectivity index (χ4n) is 3.37. The van der Waals surface area contributed by atoms with E-state index in [2.05, 4.69) is 56.4 Å². The molecule has 0 aromatic carbocycles. The zero-order chi connectivity index (χ0) is 14.5. The smallest absolute Gasteiger partial charge is 0.0654 e. The predicted octanol–water partition coefficient (Wildman–Crippen LogP) is 3.46. The van der Waals surface area contributed by atoms with E-state index in [1.165, 1.54) is 10.4 Å². The summed E-state index contributed by atoms with van der Waals surface area (Å²) >= 11 is 1.80. The second-order valence-electron chi connectivity index (χ2n) is 5.01. The van der Waals surface area contributed by atoms with Gasteiger partial charge in [0.2, 0.25) is 0 Å². The Morgan fingerprint density at radius 2 is 1.84 bits per heavy atom. The van der Waals surface area contributed by atoms with Crippen LogP contribution >= 0.6 is 11.3 Å². The predicted molar refractivity (Wildman–Crippen MR) is 85.4 cm³/mol. The molecule has 0 fully saturated rings.